The van der Waals surface area contributed by atoms with Gasteiger partial charge < -0.3 is 4.48 Å². The smallest absolute Gasteiger partial charge is 0.0912 e. The van der Waals surface area contributed by atoms with Crippen LogP contribution in [0, 0.1) is 5.92 Å². The topological polar surface area (TPSA) is 0 Å². The van der Waals surface area contributed by atoms with E-state index in [0.29, 0.717) is 0 Å². The van der Waals surface area contributed by atoms with E-state index in [-0.39, 0.29) is 0 Å². The predicted octanol–water partition coefficient (Wildman–Crippen LogP) is 2.66. The van der Waals surface area contributed by atoms with Gasteiger partial charge in [0.05, 0.1) is 27.2 Å². The van der Waals surface area contributed by atoms with Gasteiger partial charge in [-0.25, -0.2) is 0 Å². The SMILES string of the molecule is CCC1CCCCC1[N+](C)(C)C. The van der Waals surface area contributed by atoms with E-state index in [0.717, 1.165) is 12.0 Å². The molecule has 0 radical (unpaired) electrons. The summed E-state index contributed by atoms with van der Waals surface area (Å²) in [5.41, 5.74) is 0. The second kappa shape index (κ2) is 3.78. The fraction of sp³-hybridized carbons (Fsp3) is 1.00. The third-order valence-electron chi connectivity index (χ3n) is 3.39. The van der Waals surface area contributed by atoms with Crippen molar-refractivity contribution < 1.29 is 4.48 Å². The number of hydrogen-bond donors (Lipinski definition) is 0. The Kier molecular flexibility index (Phi) is 3.16. The highest BCUT2D eigenvalue weighted by Crippen LogP contribution is 2.31. The van der Waals surface area contributed by atoms with Gasteiger partial charge in [0, 0.05) is 5.92 Å². The largest absolute Gasteiger partial charge is 0.328 e. The van der Waals surface area contributed by atoms with E-state index < -0.39 is 0 Å². The quantitative estimate of drug-likeness (QED) is 0.559. The molecule has 2 atom stereocenters. The van der Waals surface area contributed by atoms with Crippen molar-refractivity contribution in [2.75, 3.05) is 21.1 Å². The van der Waals surface area contributed by atoms with Gasteiger partial charge in [-0.3, -0.25) is 0 Å². The van der Waals surface area contributed by atoms with Gasteiger partial charge in [0.2, 0.25) is 0 Å². The van der Waals surface area contributed by atoms with Crippen molar-refractivity contribution in [2.24, 2.45) is 5.92 Å². The molecule has 1 heteroatoms. The number of hydrogen-bond acceptors (Lipinski definition) is 0. The molecule has 0 aromatic heterocycles. The van der Waals surface area contributed by atoms with Crippen molar-refractivity contribution in [3.8, 4) is 0 Å². The maximum Gasteiger partial charge on any atom is 0.0912 e. The van der Waals surface area contributed by atoms with E-state index in [1.807, 2.05) is 0 Å². The van der Waals surface area contributed by atoms with Crippen LogP contribution in [0.4, 0.5) is 0 Å². The fourth-order valence-electron chi connectivity index (χ4n) is 2.68. The van der Waals surface area contributed by atoms with Crippen molar-refractivity contribution >= 4 is 0 Å². The van der Waals surface area contributed by atoms with Gasteiger partial charge in [0.25, 0.3) is 0 Å². The van der Waals surface area contributed by atoms with E-state index >= 15 is 0 Å². The molecule has 0 heterocycles. The highest BCUT2D eigenvalue weighted by Gasteiger charge is 2.33. The van der Waals surface area contributed by atoms with E-state index in [1.54, 1.807) is 0 Å². The fourth-order valence-corrected chi connectivity index (χ4v) is 2.68. The summed E-state index contributed by atoms with van der Waals surface area (Å²) in [7, 11) is 7.04. The second-order valence-electron chi connectivity index (χ2n) is 5.14. The normalized spacial score (nSPS) is 32.0. The first kappa shape index (κ1) is 10.0. The number of quaternary nitrogens is 1. The first-order chi connectivity index (χ1) is 5.55. The number of nitrogens with zero attached hydrogens (tertiary/aromatic N) is 1. The van der Waals surface area contributed by atoms with Gasteiger partial charge >= 0.3 is 0 Å². The molecule has 0 saturated heterocycles. The molecule has 2 unspecified atom stereocenters. The lowest BCUT2D eigenvalue weighted by atomic mass is 9.81. The summed E-state index contributed by atoms with van der Waals surface area (Å²) in [4.78, 5) is 0. The molecule has 0 aromatic carbocycles. The van der Waals surface area contributed by atoms with Crippen LogP contribution in [0.15, 0.2) is 0 Å². The molecule has 0 aromatic rings. The summed E-state index contributed by atoms with van der Waals surface area (Å²) in [6.45, 7) is 2.35. The van der Waals surface area contributed by atoms with Crippen LogP contribution in [0.25, 0.3) is 0 Å². The molecule has 1 aliphatic carbocycles. The summed E-state index contributed by atoms with van der Waals surface area (Å²) < 4.78 is 1.17. The standard InChI is InChI=1S/C11H24N/c1-5-10-8-6-7-9-11(10)12(2,3)4/h10-11H,5-9H2,1-4H3/q+1. The molecule has 0 N–H and O–H groups in total. The van der Waals surface area contributed by atoms with Gasteiger partial charge in [-0.2, -0.15) is 0 Å². The summed E-state index contributed by atoms with van der Waals surface area (Å²) >= 11 is 0. The summed E-state index contributed by atoms with van der Waals surface area (Å²) in [5, 5.41) is 0. The first-order valence-electron chi connectivity index (χ1n) is 5.37. The molecule has 0 amide bonds. The van der Waals surface area contributed by atoms with E-state index in [1.165, 1.54) is 36.6 Å². The Labute approximate surface area is 77.4 Å². The van der Waals surface area contributed by atoms with Gasteiger partial charge in [-0.15, -0.1) is 0 Å². The molecular weight excluding hydrogens is 146 g/mol. The summed E-state index contributed by atoms with van der Waals surface area (Å²) in [6.07, 6.45) is 7.21. The van der Waals surface area contributed by atoms with Crippen LogP contribution < -0.4 is 0 Å². The minimum Gasteiger partial charge on any atom is -0.328 e. The maximum atomic E-state index is 2.35. The summed E-state index contributed by atoms with van der Waals surface area (Å²) in [6, 6.07) is 0.920. The lowest BCUT2D eigenvalue weighted by molar-refractivity contribution is -0.901. The van der Waals surface area contributed by atoms with E-state index in [2.05, 4.69) is 28.1 Å². The average Bonchev–Trinajstić information content (AvgIpc) is 2.03. The molecular formula is C11H24N+. The number of rotatable bonds is 2. The molecule has 1 nitrogen and oxygen atoms in total. The first-order valence-corrected chi connectivity index (χ1v) is 5.37. The highest BCUT2D eigenvalue weighted by atomic mass is 15.3. The zero-order chi connectivity index (χ0) is 9.19. The van der Waals surface area contributed by atoms with Crippen LogP contribution in [0.1, 0.15) is 39.0 Å². The Balaban J connectivity index is 2.59. The molecule has 1 aliphatic rings. The Hall–Kier alpha value is -0.0400. The molecule has 72 valence electrons. The van der Waals surface area contributed by atoms with Crippen LogP contribution in [0.5, 0.6) is 0 Å². The molecule has 0 spiro atoms. The Morgan fingerprint density at radius 1 is 1.08 bits per heavy atom. The van der Waals surface area contributed by atoms with E-state index in [9.17, 15) is 0 Å². The lowest BCUT2D eigenvalue weighted by Crippen LogP contribution is -2.50. The predicted molar refractivity (Wildman–Crippen MR) is 54.1 cm³/mol. The van der Waals surface area contributed by atoms with Crippen LogP contribution in [-0.4, -0.2) is 31.7 Å². The third kappa shape index (κ3) is 2.22. The Morgan fingerprint density at radius 3 is 2.08 bits per heavy atom. The van der Waals surface area contributed by atoms with Crippen LogP contribution in [0.3, 0.4) is 0 Å². The van der Waals surface area contributed by atoms with Gasteiger partial charge in [0.15, 0.2) is 0 Å². The molecule has 1 fully saturated rings. The minimum absolute atomic E-state index is 0.920. The van der Waals surface area contributed by atoms with Crippen LogP contribution in [0.2, 0.25) is 0 Å². The zero-order valence-corrected chi connectivity index (χ0v) is 9.14. The Bertz CT molecular complexity index is 134. The van der Waals surface area contributed by atoms with Gasteiger partial charge in [0.1, 0.15) is 0 Å². The maximum absolute atomic E-state index is 2.35. The van der Waals surface area contributed by atoms with E-state index in [4.69, 9.17) is 0 Å². The molecule has 1 rings (SSSR count). The van der Waals surface area contributed by atoms with Crippen molar-refractivity contribution in [1.82, 2.24) is 0 Å². The van der Waals surface area contributed by atoms with Gasteiger partial charge in [-0.05, 0) is 25.7 Å². The van der Waals surface area contributed by atoms with Crippen molar-refractivity contribution in [1.29, 1.82) is 0 Å². The average molecular weight is 170 g/mol. The highest BCUT2D eigenvalue weighted by molar-refractivity contribution is 4.74. The second-order valence-corrected chi connectivity index (χ2v) is 5.14. The van der Waals surface area contributed by atoms with Crippen molar-refractivity contribution in [3.63, 3.8) is 0 Å². The van der Waals surface area contributed by atoms with Crippen molar-refractivity contribution in [2.45, 2.75) is 45.1 Å². The summed E-state index contributed by atoms with van der Waals surface area (Å²) in [5.74, 6) is 0.985. The minimum atomic E-state index is 0.920. The zero-order valence-electron chi connectivity index (χ0n) is 9.14. The van der Waals surface area contributed by atoms with Crippen molar-refractivity contribution in [3.05, 3.63) is 0 Å². The molecule has 0 aliphatic heterocycles. The van der Waals surface area contributed by atoms with Crippen LogP contribution in [-0.2, 0) is 0 Å². The molecule has 0 bridgehead atoms. The lowest BCUT2D eigenvalue weighted by Gasteiger charge is -2.41. The Morgan fingerprint density at radius 2 is 1.67 bits per heavy atom. The molecule has 1 saturated carbocycles. The third-order valence-corrected chi connectivity index (χ3v) is 3.39. The van der Waals surface area contributed by atoms with Gasteiger partial charge in [-0.1, -0.05) is 13.3 Å². The monoisotopic (exact) mass is 170 g/mol. The molecule has 12 heavy (non-hydrogen) atoms. The van der Waals surface area contributed by atoms with Crippen LogP contribution >= 0.6 is 0 Å².